The number of aryl methyl sites for hydroxylation is 1. The molecule has 0 saturated carbocycles. The topological polar surface area (TPSA) is 111 Å². The van der Waals surface area contributed by atoms with Gasteiger partial charge in [-0.25, -0.2) is 13.1 Å². The zero-order chi connectivity index (χ0) is 21.4. The van der Waals surface area contributed by atoms with Gasteiger partial charge < -0.3 is 14.8 Å². The number of carbonyl (C=O) groups excluding carboxylic acids is 2. The number of amides is 1. The Morgan fingerprint density at radius 3 is 2.45 bits per heavy atom. The molecule has 0 aliphatic heterocycles. The van der Waals surface area contributed by atoms with Gasteiger partial charge in [0.05, 0.1) is 18.4 Å². The van der Waals surface area contributed by atoms with Crippen LogP contribution in [-0.4, -0.2) is 40.1 Å². The predicted molar refractivity (Wildman–Crippen MR) is 108 cm³/mol. The van der Waals surface area contributed by atoms with E-state index in [1.54, 1.807) is 36.4 Å². The highest BCUT2D eigenvalue weighted by Gasteiger charge is 2.19. The zero-order valence-corrected chi connectivity index (χ0v) is 17.3. The van der Waals surface area contributed by atoms with Gasteiger partial charge in [-0.2, -0.15) is 0 Å². The number of esters is 1. The molecule has 1 atom stereocenters. The van der Waals surface area contributed by atoms with Crippen LogP contribution in [0.1, 0.15) is 18.9 Å². The summed E-state index contributed by atoms with van der Waals surface area (Å²) in [5.41, 5.74) is 1.44. The second-order valence-corrected chi connectivity index (χ2v) is 8.08. The number of rotatable bonds is 9. The Bertz CT molecular complexity index is 957. The quantitative estimate of drug-likeness (QED) is 0.602. The molecular weight excluding hydrogens is 396 g/mol. The molecule has 0 bridgehead atoms. The van der Waals surface area contributed by atoms with Gasteiger partial charge >= 0.3 is 5.97 Å². The van der Waals surface area contributed by atoms with Crippen molar-refractivity contribution < 1.29 is 27.5 Å². The normalized spacial score (nSPS) is 12.1. The van der Waals surface area contributed by atoms with Crippen molar-refractivity contribution in [1.29, 1.82) is 0 Å². The number of hydrogen-bond donors (Lipinski definition) is 2. The smallest absolute Gasteiger partial charge is 0.307 e. The van der Waals surface area contributed by atoms with Gasteiger partial charge in [0.25, 0.3) is 5.91 Å². The maximum atomic E-state index is 12.2. The lowest BCUT2D eigenvalue weighted by Gasteiger charge is -2.14. The molecule has 0 aliphatic rings. The van der Waals surface area contributed by atoms with Crippen LogP contribution in [0.25, 0.3) is 0 Å². The molecule has 0 unspecified atom stereocenters. The van der Waals surface area contributed by atoms with Crippen molar-refractivity contribution in [1.82, 2.24) is 4.72 Å². The zero-order valence-electron chi connectivity index (χ0n) is 16.5. The minimum Gasteiger partial charge on any atom is -0.497 e. The first-order valence-electron chi connectivity index (χ1n) is 8.92. The third kappa shape index (κ3) is 6.88. The van der Waals surface area contributed by atoms with Crippen molar-refractivity contribution in [2.24, 2.45) is 0 Å². The summed E-state index contributed by atoms with van der Waals surface area (Å²) in [5, 5.41) is 2.62. The first kappa shape index (κ1) is 22.4. The molecular formula is C20H24N2O6S. The van der Waals surface area contributed by atoms with Crippen LogP contribution < -0.4 is 14.8 Å². The highest BCUT2D eigenvalue weighted by molar-refractivity contribution is 7.89. The highest BCUT2D eigenvalue weighted by Crippen LogP contribution is 2.17. The Morgan fingerprint density at radius 2 is 1.79 bits per heavy atom. The van der Waals surface area contributed by atoms with Crippen LogP contribution in [0, 0.1) is 6.92 Å². The second kappa shape index (κ2) is 10.0. The van der Waals surface area contributed by atoms with Crippen molar-refractivity contribution in [3.05, 3.63) is 54.1 Å². The summed E-state index contributed by atoms with van der Waals surface area (Å²) in [7, 11) is -2.20. The van der Waals surface area contributed by atoms with Gasteiger partial charge in [0.1, 0.15) is 5.75 Å². The largest absolute Gasteiger partial charge is 0.497 e. The third-order valence-corrected chi connectivity index (χ3v) is 5.44. The molecule has 0 spiro atoms. The first-order chi connectivity index (χ1) is 13.7. The van der Waals surface area contributed by atoms with Crippen molar-refractivity contribution in [2.45, 2.75) is 31.3 Å². The highest BCUT2D eigenvalue weighted by atomic mass is 32.2. The summed E-state index contributed by atoms with van der Waals surface area (Å²) < 4.78 is 36.8. The lowest BCUT2D eigenvalue weighted by Crippen LogP contribution is -2.32. The van der Waals surface area contributed by atoms with Crippen LogP contribution in [0.15, 0.2) is 53.4 Å². The minimum absolute atomic E-state index is 0.113. The Morgan fingerprint density at radius 1 is 1.10 bits per heavy atom. The number of hydrogen-bond acceptors (Lipinski definition) is 6. The van der Waals surface area contributed by atoms with E-state index in [0.29, 0.717) is 11.4 Å². The predicted octanol–water partition coefficient (Wildman–Crippen LogP) is 2.24. The molecule has 0 heterocycles. The molecule has 9 heteroatoms. The van der Waals surface area contributed by atoms with E-state index in [4.69, 9.17) is 9.47 Å². The summed E-state index contributed by atoms with van der Waals surface area (Å²) in [5.74, 6) is -0.620. The first-order valence-corrected chi connectivity index (χ1v) is 10.4. The number of methoxy groups -OCH3 is 1. The second-order valence-electron chi connectivity index (χ2n) is 6.31. The summed E-state index contributed by atoms with van der Waals surface area (Å²) in [6, 6.07) is 13.1. The van der Waals surface area contributed by atoms with Crippen molar-refractivity contribution in [3.63, 3.8) is 0 Å². The van der Waals surface area contributed by atoms with E-state index in [1.807, 2.05) is 6.92 Å². The van der Waals surface area contributed by atoms with E-state index >= 15 is 0 Å². The van der Waals surface area contributed by atoms with Crippen LogP contribution >= 0.6 is 0 Å². The standard InChI is InChI=1S/C20H24N2O6S/c1-14-7-9-18(10-8-14)29(25,26)21-12-11-19(23)28-15(2)20(24)22-16-5-4-6-17(13-16)27-3/h4-10,13,15,21H,11-12H2,1-3H3,(H,22,24)/t15-/m0/s1. The van der Waals surface area contributed by atoms with Gasteiger partial charge in [-0.3, -0.25) is 9.59 Å². The fourth-order valence-electron chi connectivity index (χ4n) is 2.34. The van der Waals surface area contributed by atoms with E-state index in [9.17, 15) is 18.0 Å². The fourth-order valence-corrected chi connectivity index (χ4v) is 3.37. The molecule has 2 N–H and O–H groups in total. The summed E-state index contributed by atoms with van der Waals surface area (Å²) in [4.78, 5) is 24.2. The number of carbonyl (C=O) groups is 2. The minimum atomic E-state index is -3.71. The monoisotopic (exact) mass is 420 g/mol. The lowest BCUT2D eigenvalue weighted by atomic mass is 10.2. The van der Waals surface area contributed by atoms with Gasteiger partial charge in [0.2, 0.25) is 10.0 Å². The van der Waals surface area contributed by atoms with E-state index < -0.39 is 28.0 Å². The number of sulfonamides is 1. The number of ether oxygens (including phenoxy) is 2. The molecule has 0 aliphatic carbocycles. The van der Waals surface area contributed by atoms with Crippen molar-refractivity contribution in [2.75, 3.05) is 19.0 Å². The van der Waals surface area contributed by atoms with Crippen LogP contribution in [-0.2, 0) is 24.3 Å². The van der Waals surface area contributed by atoms with Gasteiger partial charge in [0, 0.05) is 18.3 Å². The number of nitrogens with one attached hydrogen (secondary N) is 2. The average Bonchev–Trinajstić information content (AvgIpc) is 2.68. The van der Waals surface area contributed by atoms with E-state index in [-0.39, 0.29) is 17.9 Å². The summed E-state index contributed by atoms with van der Waals surface area (Å²) in [6.07, 6.45) is -1.25. The van der Waals surface area contributed by atoms with Crippen LogP contribution in [0.5, 0.6) is 5.75 Å². The Hall–Kier alpha value is -2.91. The number of anilines is 1. The molecule has 0 fully saturated rings. The molecule has 156 valence electrons. The fraction of sp³-hybridized carbons (Fsp3) is 0.300. The molecule has 2 aromatic carbocycles. The molecule has 1 amide bonds. The van der Waals surface area contributed by atoms with Crippen LogP contribution in [0.4, 0.5) is 5.69 Å². The van der Waals surface area contributed by atoms with Crippen molar-refractivity contribution in [3.8, 4) is 5.75 Å². The number of benzene rings is 2. The van der Waals surface area contributed by atoms with Gasteiger partial charge in [-0.15, -0.1) is 0 Å². The van der Waals surface area contributed by atoms with E-state index in [0.717, 1.165) is 5.56 Å². The van der Waals surface area contributed by atoms with Crippen molar-refractivity contribution >= 4 is 27.6 Å². The van der Waals surface area contributed by atoms with E-state index in [1.165, 1.54) is 26.2 Å². The molecule has 29 heavy (non-hydrogen) atoms. The summed E-state index contributed by atoms with van der Waals surface area (Å²) in [6.45, 7) is 3.15. The van der Waals surface area contributed by atoms with Gasteiger partial charge in [-0.05, 0) is 38.1 Å². The lowest BCUT2D eigenvalue weighted by molar-refractivity contribution is -0.152. The SMILES string of the molecule is COc1cccc(NC(=O)[C@H](C)OC(=O)CCNS(=O)(=O)c2ccc(C)cc2)c1. The maximum absolute atomic E-state index is 12.2. The maximum Gasteiger partial charge on any atom is 0.307 e. The Kier molecular flexibility index (Phi) is 7.74. The molecule has 0 aromatic heterocycles. The molecule has 0 radical (unpaired) electrons. The van der Waals surface area contributed by atoms with Crippen LogP contribution in [0.3, 0.4) is 0 Å². The Labute approximate surface area is 170 Å². The van der Waals surface area contributed by atoms with Gasteiger partial charge in [-0.1, -0.05) is 23.8 Å². The molecule has 8 nitrogen and oxygen atoms in total. The average molecular weight is 420 g/mol. The summed E-state index contributed by atoms with van der Waals surface area (Å²) >= 11 is 0. The Balaban J connectivity index is 1.80. The molecule has 0 saturated heterocycles. The third-order valence-electron chi connectivity index (χ3n) is 3.97. The molecule has 2 aromatic rings. The van der Waals surface area contributed by atoms with Crippen LogP contribution in [0.2, 0.25) is 0 Å². The molecule has 2 rings (SSSR count). The van der Waals surface area contributed by atoms with Gasteiger partial charge in [0.15, 0.2) is 6.10 Å². The van der Waals surface area contributed by atoms with E-state index in [2.05, 4.69) is 10.0 Å².